The number of nitrogens with one attached hydrogen (secondary N) is 1. The summed E-state index contributed by atoms with van der Waals surface area (Å²) in [4.78, 5) is 9.59. The lowest BCUT2D eigenvalue weighted by molar-refractivity contribution is 0.231. The average molecular weight is 341 g/mol. The molecule has 0 spiro atoms. The van der Waals surface area contributed by atoms with E-state index in [-0.39, 0.29) is 0 Å². The smallest absolute Gasteiger partial charge is 0.133 e. The zero-order valence-corrected chi connectivity index (χ0v) is 14.3. The van der Waals surface area contributed by atoms with Crippen LogP contribution in [0.15, 0.2) is 16.7 Å². The molecule has 1 N–H and O–H groups in total. The zero-order chi connectivity index (χ0) is 14.5. The number of piperazine rings is 1. The Morgan fingerprint density at radius 2 is 2.00 bits per heavy atom. The number of hydrogen-bond donors (Lipinski definition) is 1. The summed E-state index contributed by atoms with van der Waals surface area (Å²) in [7, 11) is 1.98. The molecule has 1 fully saturated rings. The molecular formula is C15H25BrN4. The molecular weight excluding hydrogens is 316 g/mol. The van der Waals surface area contributed by atoms with Crippen molar-refractivity contribution in [2.24, 2.45) is 5.92 Å². The molecule has 20 heavy (non-hydrogen) atoms. The Hall–Kier alpha value is -0.650. The summed E-state index contributed by atoms with van der Waals surface area (Å²) in [5.74, 6) is 1.87. The van der Waals surface area contributed by atoms with Crippen LogP contribution in [0.1, 0.15) is 19.4 Å². The van der Waals surface area contributed by atoms with Gasteiger partial charge in [0.15, 0.2) is 0 Å². The Kier molecular flexibility index (Phi) is 5.81. The lowest BCUT2D eigenvalue weighted by atomic mass is 10.1. The maximum atomic E-state index is 4.63. The average Bonchev–Trinajstić information content (AvgIpc) is 2.40. The summed E-state index contributed by atoms with van der Waals surface area (Å²) in [6.07, 6.45) is 1.90. The number of nitrogens with zero attached hydrogens (tertiary/aromatic N) is 3. The molecule has 2 heterocycles. The van der Waals surface area contributed by atoms with Crippen LogP contribution in [0.25, 0.3) is 0 Å². The fourth-order valence-electron chi connectivity index (χ4n) is 2.74. The highest BCUT2D eigenvalue weighted by Crippen LogP contribution is 2.23. The Morgan fingerprint density at radius 3 is 2.60 bits per heavy atom. The molecule has 0 radical (unpaired) electrons. The SMILES string of the molecule is CNCc1cc(Br)cnc1N1CCN(CC(C)C)CC1. The van der Waals surface area contributed by atoms with Crippen LogP contribution in [0.2, 0.25) is 0 Å². The van der Waals surface area contributed by atoms with E-state index >= 15 is 0 Å². The summed E-state index contributed by atoms with van der Waals surface area (Å²) < 4.78 is 1.05. The minimum atomic E-state index is 0.743. The van der Waals surface area contributed by atoms with Gasteiger partial charge in [-0.2, -0.15) is 0 Å². The van der Waals surface area contributed by atoms with E-state index in [1.54, 1.807) is 0 Å². The lowest BCUT2D eigenvalue weighted by Crippen LogP contribution is -2.48. The zero-order valence-electron chi connectivity index (χ0n) is 12.7. The third kappa shape index (κ3) is 4.17. The van der Waals surface area contributed by atoms with Crippen LogP contribution in [-0.4, -0.2) is 49.7 Å². The van der Waals surface area contributed by atoms with Crippen LogP contribution in [0.5, 0.6) is 0 Å². The molecule has 0 unspecified atom stereocenters. The fraction of sp³-hybridized carbons (Fsp3) is 0.667. The summed E-state index contributed by atoms with van der Waals surface area (Å²) in [5, 5.41) is 3.23. The third-order valence-electron chi connectivity index (χ3n) is 3.57. The first kappa shape index (κ1) is 15.7. The van der Waals surface area contributed by atoms with Gasteiger partial charge in [-0.05, 0) is 35.0 Å². The molecule has 0 aliphatic carbocycles. The predicted octanol–water partition coefficient (Wildman–Crippen LogP) is 2.34. The van der Waals surface area contributed by atoms with Gasteiger partial charge in [0.2, 0.25) is 0 Å². The summed E-state index contributed by atoms with van der Waals surface area (Å²) >= 11 is 3.51. The van der Waals surface area contributed by atoms with Crippen molar-refractivity contribution in [1.29, 1.82) is 0 Å². The monoisotopic (exact) mass is 340 g/mol. The van der Waals surface area contributed by atoms with E-state index in [0.29, 0.717) is 0 Å². The minimum absolute atomic E-state index is 0.743. The molecule has 0 saturated carbocycles. The van der Waals surface area contributed by atoms with Gasteiger partial charge in [-0.3, -0.25) is 4.90 Å². The Morgan fingerprint density at radius 1 is 1.30 bits per heavy atom. The molecule has 0 amide bonds. The Balaban J connectivity index is 2.03. The van der Waals surface area contributed by atoms with E-state index in [9.17, 15) is 0 Å². The highest BCUT2D eigenvalue weighted by atomic mass is 79.9. The summed E-state index contributed by atoms with van der Waals surface area (Å²) in [5.41, 5.74) is 1.26. The van der Waals surface area contributed by atoms with Crippen LogP contribution in [0.4, 0.5) is 5.82 Å². The van der Waals surface area contributed by atoms with Crippen LogP contribution >= 0.6 is 15.9 Å². The third-order valence-corrected chi connectivity index (χ3v) is 4.01. The number of anilines is 1. The first-order chi connectivity index (χ1) is 9.60. The Labute approximate surface area is 130 Å². The maximum Gasteiger partial charge on any atom is 0.133 e. The van der Waals surface area contributed by atoms with Gasteiger partial charge in [0.1, 0.15) is 5.82 Å². The van der Waals surface area contributed by atoms with E-state index < -0.39 is 0 Å². The van der Waals surface area contributed by atoms with Gasteiger partial charge in [0, 0.05) is 55.5 Å². The molecule has 0 atom stereocenters. The van der Waals surface area contributed by atoms with Gasteiger partial charge >= 0.3 is 0 Å². The number of rotatable bonds is 5. The van der Waals surface area contributed by atoms with E-state index in [4.69, 9.17) is 0 Å². The molecule has 1 aromatic heterocycles. The van der Waals surface area contributed by atoms with Gasteiger partial charge in [-0.25, -0.2) is 4.98 Å². The van der Waals surface area contributed by atoms with Crippen molar-refractivity contribution in [1.82, 2.24) is 15.2 Å². The molecule has 1 aromatic rings. The van der Waals surface area contributed by atoms with Crippen molar-refractivity contribution >= 4 is 21.7 Å². The van der Waals surface area contributed by atoms with Crippen molar-refractivity contribution < 1.29 is 0 Å². The number of aromatic nitrogens is 1. The molecule has 1 saturated heterocycles. The normalized spacial score (nSPS) is 16.9. The van der Waals surface area contributed by atoms with Crippen molar-refractivity contribution in [3.63, 3.8) is 0 Å². The van der Waals surface area contributed by atoms with Crippen LogP contribution in [0, 0.1) is 5.92 Å². The largest absolute Gasteiger partial charge is 0.354 e. The number of hydrogen-bond acceptors (Lipinski definition) is 4. The van der Waals surface area contributed by atoms with E-state index in [2.05, 4.69) is 55.9 Å². The highest BCUT2D eigenvalue weighted by molar-refractivity contribution is 9.10. The van der Waals surface area contributed by atoms with Gasteiger partial charge in [-0.1, -0.05) is 13.8 Å². The van der Waals surface area contributed by atoms with Crippen molar-refractivity contribution in [2.45, 2.75) is 20.4 Å². The molecule has 1 aliphatic heterocycles. The standard InChI is InChI=1S/C15H25BrN4/c1-12(2)11-19-4-6-20(7-5-19)15-13(9-17-3)8-14(16)10-18-15/h8,10,12,17H,4-7,9,11H2,1-3H3. The number of pyridine rings is 1. The molecule has 4 nitrogen and oxygen atoms in total. The van der Waals surface area contributed by atoms with E-state index in [0.717, 1.165) is 48.9 Å². The van der Waals surface area contributed by atoms with Gasteiger partial charge in [0.25, 0.3) is 0 Å². The molecule has 112 valence electrons. The molecule has 0 aromatic carbocycles. The van der Waals surface area contributed by atoms with Crippen molar-refractivity contribution in [3.05, 3.63) is 22.3 Å². The van der Waals surface area contributed by atoms with Crippen LogP contribution in [0.3, 0.4) is 0 Å². The lowest BCUT2D eigenvalue weighted by Gasteiger charge is -2.37. The van der Waals surface area contributed by atoms with Crippen molar-refractivity contribution in [3.8, 4) is 0 Å². The molecule has 1 aliphatic rings. The van der Waals surface area contributed by atoms with E-state index in [1.807, 2.05) is 13.2 Å². The fourth-order valence-corrected chi connectivity index (χ4v) is 3.12. The van der Waals surface area contributed by atoms with Crippen LogP contribution < -0.4 is 10.2 Å². The second kappa shape index (κ2) is 7.38. The van der Waals surface area contributed by atoms with E-state index in [1.165, 1.54) is 12.1 Å². The Bertz CT molecular complexity index is 428. The first-order valence-corrected chi connectivity index (χ1v) is 8.15. The minimum Gasteiger partial charge on any atom is -0.354 e. The van der Waals surface area contributed by atoms with Crippen LogP contribution in [-0.2, 0) is 6.54 Å². The second-order valence-corrected chi connectivity index (χ2v) is 6.76. The topological polar surface area (TPSA) is 31.4 Å². The highest BCUT2D eigenvalue weighted by Gasteiger charge is 2.20. The summed E-state index contributed by atoms with van der Waals surface area (Å²) in [6, 6.07) is 2.17. The predicted molar refractivity (Wildman–Crippen MR) is 88.2 cm³/mol. The quantitative estimate of drug-likeness (QED) is 0.891. The number of halogens is 1. The first-order valence-electron chi connectivity index (χ1n) is 7.36. The molecule has 2 rings (SSSR count). The van der Waals surface area contributed by atoms with Crippen molar-refractivity contribution in [2.75, 3.05) is 44.7 Å². The maximum absolute atomic E-state index is 4.63. The molecule has 0 bridgehead atoms. The van der Waals surface area contributed by atoms with Gasteiger partial charge in [0.05, 0.1) is 0 Å². The molecule has 5 heteroatoms. The van der Waals surface area contributed by atoms with Gasteiger partial charge < -0.3 is 10.2 Å². The second-order valence-electron chi connectivity index (χ2n) is 5.85. The van der Waals surface area contributed by atoms with Gasteiger partial charge in [-0.15, -0.1) is 0 Å². The summed E-state index contributed by atoms with van der Waals surface area (Å²) in [6.45, 7) is 11.0.